The van der Waals surface area contributed by atoms with Gasteiger partial charge >= 0.3 is 0 Å². The van der Waals surface area contributed by atoms with Gasteiger partial charge in [0.05, 0.1) is 11.5 Å². The van der Waals surface area contributed by atoms with Gasteiger partial charge in [-0.2, -0.15) is 0 Å². The van der Waals surface area contributed by atoms with Crippen LogP contribution in [0.15, 0.2) is 0 Å². The third-order valence-corrected chi connectivity index (χ3v) is 6.06. The fourth-order valence-electron chi connectivity index (χ4n) is 2.96. The summed E-state index contributed by atoms with van der Waals surface area (Å²) >= 11 is 0. The smallest absolute Gasteiger partial charge is 0.152 e. The molecule has 1 N–H and O–H groups in total. The first-order valence-corrected chi connectivity index (χ1v) is 8.42. The quantitative estimate of drug-likeness (QED) is 0.751. The maximum Gasteiger partial charge on any atom is 0.152 e. The highest BCUT2D eigenvalue weighted by Gasteiger charge is 2.42. The van der Waals surface area contributed by atoms with E-state index in [9.17, 15) is 8.42 Å². The van der Waals surface area contributed by atoms with E-state index in [1.54, 1.807) is 0 Å². The van der Waals surface area contributed by atoms with Gasteiger partial charge in [0.2, 0.25) is 0 Å². The largest absolute Gasteiger partial charge is 0.314 e. The highest BCUT2D eigenvalue weighted by Crippen LogP contribution is 2.30. The van der Waals surface area contributed by atoms with Gasteiger partial charge in [-0.1, -0.05) is 0 Å². The Bertz CT molecular complexity index is 369. The predicted octanol–water partition coefficient (Wildman–Crippen LogP) is 0.638. The molecular weight excluding hydrogens is 236 g/mol. The Labute approximate surface area is 105 Å². The Balaban J connectivity index is 2.05. The number of sulfone groups is 1. The molecule has 2 aliphatic heterocycles. The topological polar surface area (TPSA) is 49.4 Å². The molecule has 5 heteroatoms. The summed E-state index contributed by atoms with van der Waals surface area (Å²) in [5, 5.41) is 3.48. The molecule has 2 saturated heterocycles. The summed E-state index contributed by atoms with van der Waals surface area (Å²) in [5.41, 5.74) is -0.115. The summed E-state index contributed by atoms with van der Waals surface area (Å²) in [6.07, 6.45) is 3.02. The molecular formula is C12H24N2O2S. The lowest BCUT2D eigenvalue weighted by Crippen LogP contribution is -2.51. The Morgan fingerprint density at radius 1 is 1.35 bits per heavy atom. The first-order chi connectivity index (χ1) is 7.91. The van der Waals surface area contributed by atoms with Crippen LogP contribution in [0.2, 0.25) is 0 Å². The molecule has 0 aromatic rings. The lowest BCUT2D eigenvalue weighted by Gasteiger charge is -2.39. The van der Waals surface area contributed by atoms with Crippen LogP contribution in [0.25, 0.3) is 0 Å². The van der Waals surface area contributed by atoms with E-state index in [1.807, 2.05) is 0 Å². The maximum atomic E-state index is 11.7. The lowest BCUT2D eigenvalue weighted by molar-refractivity contribution is 0.110. The minimum Gasteiger partial charge on any atom is -0.314 e. The number of hydrogen-bond acceptors (Lipinski definition) is 4. The molecule has 2 heterocycles. The zero-order valence-electron chi connectivity index (χ0n) is 10.9. The van der Waals surface area contributed by atoms with Gasteiger partial charge in [-0.05, 0) is 46.2 Å². The lowest BCUT2D eigenvalue weighted by atomic mass is 9.97. The van der Waals surface area contributed by atoms with E-state index in [4.69, 9.17) is 0 Å². The van der Waals surface area contributed by atoms with E-state index in [2.05, 4.69) is 24.1 Å². The van der Waals surface area contributed by atoms with Crippen molar-refractivity contribution >= 4 is 9.84 Å². The molecule has 0 radical (unpaired) electrons. The molecule has 0 aromatic carbocycles. The van der Waals surface area contributed by atoms with Crippen LogP contribution in [0.3, 0.4) is 0 Å². The van der Waals surface area contributed by atoms with Gasteiger partial charge in [-0.25, -0.2) is 8.42 Å². The molecule has 0 saturated carbocycles. The van der Waals surface area contributed by atoms with Crippen molar-refractivity contribution < 1.29 is 8.42 Å². The third kappa shape index (κ3) is 3.20. The molecule has 0 spiro atoms. The van der Waals surface area contributed by atoms with Crippen molar-refractivity contribution in [2.45, 2.75) is 44.7 Å². The van der Waals surface area contributed by atoms with E-state index in [1.165, 1.54) is 0 Å². The molecule has 2 fully saturated rings. The van der Waals surface area contributed by atoms with E-state index in [0.29, 0.717) is 17.5 Å². The molecule has 0 aliphatic carbocycles. The summed E-state index contributed by atoms with van der Waals surface area (Å²) in [7, 11) is -2.80. The van der Waals surface area contributed by atoms with Crippen molar-refractivity contribution in [3.8, 4) is 0 Å². The van der Waals surface area contributed by atoms with E-state index in [0.717, 1.165) is 38.9 Å². The van der Waals surface area contributed by atoms with E-state index < -0.39 is 9.84 Å². The van der Waals surface area contributed by atoms with E-state index in [-0.39, 0.29) is 5.54 Å². The van der Waals surface area contributed by atoms with E-state index >= 15 is 0 Å². The summed E-state index contributed by atoms with van der Waals surface area (Å²) in [6.45, 7) is 7.40. The minimum atomic E-state index is -2.80. The molecule has 4 nitrogen and oxygen atoms in total. The number of hydrogen-bond donors (Lipinski definition) is 1. The second kappa shape index (κ2) is 4.86. The SMILES string of the molecule is CC1CCN(C2(C)CCS(=O)(=O)C2)CCCN1. The van der Waals surface area contributed by atoms with Gasteiger partial charge in [0.25, 0.3) is 0 Å². The fourth-order valence-corrected chi connectivity index (χ4v) is 5.13. The van der Waals surface area contributed by atoms with Crippen molar-refractivity contribution in [2.75, 3.05) is 31.1 Å². The zero-order chi connectivity index (χ0) is 12.5. The van der Waals surface area contributed by atoms with Gasteiger partial charge in [0.1, 0.15) is 0 Å². The van der Waals surface area contributed by atoms with Gasteiger partial charge in [0.15, 0.2) is 9.84 Å². The van der Waals surface area contributed by atoms with Gasteiger partial charge < -0.3 is 5.32 Å². The molecule has 2 unspecified atom stereocenters. The first-order valence-electron chi connectivity index (χ1n) is 6.60. The third-order valence-electron chi connectivity index (χ3n) is 4.18. The molecule has 0 amide bonds. The average Bonchev–Trinajstić information content (AvgIpc) is 2.48. The summed E-state index contributed by atoms with van der Waals surface area (Å²) in [6, 6.07) is 0.541. The Kier molecular flexibility index (Phi) is 3.80. The predicted molar refractivity (Wildman–Crippen MR) is 69.9 cm³/mol. The minimum absolute atomic E-state index is 0.115. The fraction of sp³-hybridized carbons (Fsp3) is 1.00. The zero-order valence-corrected chi connectivity index (χ0v) is 11.7. The van der Waals surface area contributed by atoms with Crippen LogP contribution < -0.4 is 5.32 Å². The summed E-state index contributed by atoms with van der Waals surface area (Å²) in [5.74, 6) is 0.718. The summed E-state index contributed by atoms with van der Waals surface area (Å²) in [4.78, 5) is 2.41. The van der Waals surface area contributed by atoms with Crippen molar-refractivity contribution in [2.24, 2.45) is 0 Å². The summed E-state index contributed by atoms with van der Waals surface area (Å²) < 4.78 is 23.3. The standard InChI is InChI=1S/C12H24N2O2S/c1-11-4-8-14(7-3-6-13-11)12(2)5-9-17(15,16)10-12/h11,13H,3-10H2,1-2H3. The van der Waals surface area contributed by atoms with Gasteiger partial charge in [-0.3, -0.25) is 4.90 Å². The van der Waals surface area contributed by atoms with Crippen molar-refractivity contribution in [3.05, 3.63) is 0 Å². The molecule has 0 bridgehead atoms. The Hall–Kier alpha value is -0.130. The maximum absolute atomic E-state index is 11.7. The molecule has 0 aromatic heterocycles. The van der Waals surface area contributed by atoms with Crippen molar-refractivity contribution in [1.29, 1.82) is 0 Å². The van der Waals surface area contributed by atoms with Crippen LogP contribution >= 0.6 is 0 Å². The molecule has 2 rings (SSSR count). The first kappa shape index (κ1) is 13.3. The Morgan fingerprint density at radius 2 is 2.12 bits per heavy atom. The average molecular weight is 260 g/mol. The van der Waals surface area contributed by atoms with Crippen molar-refractivity contribution in [3.63, 3.8) is 0 Å². The molecule has 2 atom stereocenters. The van der Waals surface area contributed by atoms with Crippen LogP contribution in [-0.4, -0.2) is 56.0 Å². The number of rotatable bonds is 1. The van der Waals surface area contributed by atoms with Crippen LogP contribution in [0.4, 0.5) is 0 Å². The molecule has 2 aliphatic rings. The molecule has 17 heavy (non-hydrogen) atoms. The normalized spacial score (nSPS) is 39.8. The highest BCUT2D eigenvalue weighted by molar-refractivity contribution is 7.91. The number of nitrogens with one attached hydrogen (secondary N) is 1. The van der Waals surface area contributed by atoms with Crippen LogP contribution in [-0.2, 0) is 9.84 Å². The molecule has 100 valence electrons. The van der Waals surface area contributed by atoms with Crippen LogP contribution in [0, 0.1) is 0 Å². The van der Waals surface area contributed by atoms with Gasteiger partial charge in [0, 0.05) is 18.1 Å². The Morgan fingerprint density at radius 3 is 2.76 bits per heavy atom. The van der Waals surface area contributed by atoms with Crippen molar-refractivity contribution in [1.82, 2.24) is 10.2 Å². The number of nitrogens with zero attached hydrogens (tertiary/aromatic N) is 1. The van der Waals surface area contributed by atoms with Crippen LogP contribution in [0.5, 0.6) is 0 Å². The second-order valence-corrected chi connectivity index (χ2v) is 8.01. The van der Waals surface area contributed by atoms with Crippen LogP contribution in [0.1, 0.15) is 33.1 Å². The monoisotopic (exact) mass is 260 g/mol. The van der Waals surface area contributed by atoms with Gasteiger partial charge in [-0.15, -0.1) is 0 Å². The highest BCUT2D eigenvalue weighted by atomic mass is 32.2. The second-order valence-electron chi connectivity index (χ2n) is 5.82.